The summed E-state index contributed by atoms with van der Waals surface area (Å²) in [7, 11) is 0. The van der Waals surface area contributed by atoms with Crippen LogP contribution < -0.4 is 5.73 Å². The molecule has 1 aromatic rings. The summed E-state index contributed by atoms with van der Waals surface area (Å²) in [6.45, 7) is 0. The molecule has 1 aliphatic carbocycles. The van der Waals surface area contributed by atoms with Gasteiger partial charge in [-0.25, -0.2) is 0 Å². The highest BCUT2D eigenvalue weighted by Crippen LogP contribution is 2.39. The number of nitrogens with two attached hydrogens (primary N) is 1. The van der Waals surface area contributed by atoms with E-state index < -0.39 is 12.1 Å². The zero-order valence-corrected chi connectivity index (χ0v) is 12.0. The number of benzene rings is 1. The van der Waals surface area contributed by atoms with Crippen LogP contribution >= 0.6 is 35.6 Å². The van der Waals surface area contributed by atoms with E-state index in [0.717, 1.165) is 19.3 Å². The molecule has 6 heteroatoms. The van der Waals surface area contributed by atoms with Gasteiger partial charge in [-0.05, 0) is 30.9 Å². The van der Waals surface area contributed by atoms with E-state index in [2.05, 4.69) is 0 Å². The van der Waals surface area contributed by atoms with E-state index in [1.165, 1.54) is 6.07 Å². The minimum Gasteiger partial charge on any atom is -0.506 e. The van der Waals surface area contributed by atoms with E-state index in [4.69, 9.17) is 28.9 Å². The van der Waals surface area contributed by atoms with E-state index >= 15 is 0 Å². The summed E-state index contributed by atoms with van der Waals surface area (Å²) in [5.41, 5.74) is 6.36. The maximum Gasteiger partial charge on any atom is 0.139 e. The monoisotopic (exact) mass is 311 g/mol. The molecule has 0 heterocycles. The Morgan fingerprint density at radius 2 is 1.89 bits per heavy atom. The second-order valence-electron chi connectivity index (χ2n) is 4.53. The molecule has 0 aromatic heterocycles. The molecule has 1 aliphatic rings. The van der Waals surface area contributed by atoms with Crippen LogP contribution in [-0.4, -0.2) is 16.3 Å². The van der Waals surface area contributed by atoms with Crippen molar-refractivity contribution in [3.05, 3.63) is 27.7 Å². The maximum absolute atomic E-state index is 10.1. The molecule has 1 fully saturated rings. The molecule has 0 bridgehead atoms. The van der Waals surface area contributed by atoms with Gasteiger partial charge in [-0.1, -0.05) is 29.6 Å². The number of aromatic hydroxyl groups is 1. The van der Waals surface area contributed by atoms with Gasteiger partial charge >= 0.3 is 0 Å². The summed E-state index contributed by atoms with van der Waals surface area (Å²) in [5, 5.41) is 20.5. The molecule has 0 aliphatic heterocycles. The Bertz CT molecular complexity index is 424. The highest BCUT2D eigenvalue weighted by molar-refractivity contribution is 6.35. The second-order valence-corrected chi connectivity index (χ2v) is 5.38. The lowest BCUT2D eigenvalue weighted by atomic mass is 9.77. The highest BCUT2D eigenvalue weighted by atomic mass is 35.5. The lowest BCUT2D eigenvalue weighted by Gasteiger charge is -2.34. The first kappa shape index (κ1) is 15.9. The third-order valence-corrected chi connectivity index (χ3v) is 3.92. The van der Waals surface area contributed by atoms with Crippen molar-refractivity contribution in [1.82, 2.24) is 0 Å². The SMILES string of the molecule is Cl.N[C@H](c1cc(Cl)cc(Cl)c1O)[C@@H](O)C1CCC1. The van der Waals surface area contributed by atoms with E-state index in [0.29, 0.717) is 10.6 Å². The fourth-order valence-electron chi connectivity index (χ4n) is 2.10. The summed E-state index contributed by atoms with van der Waals surface area (Å²) < 4.78 is 0. The molecule has 1 saturated carbocycles. The molecule has 2 rings (SSSR count). The maximum atomic E-state index is 10.1. The van der Waals surface area contributed by atoms with Crippen LogP contribution in [0, 0.1) is 5.92 Å². The van der Waals surface area contributed by atoms with Gasteiger partial charge in [-0.3, -0.25) is 0 Å². The molecule has 2 atom stereocenters. The third kappa shape index (κ3) is 3.03. The fourth-order valence-corrected chi connectivity index (χ4v) is 2.61. The van der Waals surface area contributed by atoms with Crippen LogP contribution in [0.2, 0.25) is 10.0 Å². The largest absolute Gasteiger partial charge is 0.506 e. The number of aliphatic hydroxyl groups is 1. The van der Waals surface area contributed by atoms with Crippen LogP contribution in [0.4, 0.5) is 0 Å². The zero-order valence-electron chi connectivity index (χ0n) is 9.64. The molecule has 4 N–H and O–H groups in total. The van der Waals surface area contributed by atoms with Crippen LogP contribution in [0.15, 0.2) is 12.1 Å². The van der Waals surface area contributed by atoms with E-state index in [1.807, 2.05) is 0 Å². The Kier molecular flexibility index (Phi) is 5.56. The fraction of sp³-hybridized carbons (Fsp3) is 0.500. The van der Waals surface area contributed by atoms with Gasteiger partial charge in [0.1, 0.15) is 5.75 Å². The lowest BCUT2D eigenvalue weighted by Crippen LogP contribution is -2.36. The van der Waals surface area contributed by atoms with Crippen molar-refractivity contribution in [2.75, 3.05) is 0 Å². The lowest BCUT2D eigenvalue weighted by molar-refractivity contribution is 0.0408. The van der Waals surface area contributed by atoms with Crippen LogP contribution in [0.25, 0.3) is 0 Å². The van der Waals surface area contributed by atoms with Crippen LogP contribution in [-0.2, 0) is 0 Å². The Balaban J connectivity index is 0.00000162. The number of phenolic OH excluding ortho intramolecular Hbond substituents is 1. The van der Waals surface area contributed by atoms with Gasteiger partial charge in [0.2, 0.25) is 0 Å². The van der Waals surface area contributed by atoms with Crippen LogP contribution in [0.1, 0.15) is 30.9 Å². The predicted molar refractivity (Wildman–Crippen MR) is 75.7 cm³/mol. The molecule has 102 valence electrons. The quantitative estimate of drug-likeness (QED) is 0.802. The molecule has 0 saturated heterocycles. The van der Waals surface area contributed by atoms with Gasteiger partial charge in [0.05, 0.1) is 17.2 Å². The second kappa shape index (κ2) is 6.31. The summed E-state index contributed by atoms with van der Waals surface area (Å²) in [4.78, 5) is 0. The molecule has 18 heavy (non-hydrogen) atoms. The molecular weight excluding hydrogens is 296 g/mol. The number of rotatable bonds is 3. The molecule has 0 amide bonds. The van der Waals surface area contributed by atoms with Crippen LogP contribution in [0.5, 0.6) is 5.75 Å². The van der Waals surface area contributed by atoms with E-state index in [1.54, 1.807) is 6.07 Å². The van der Waals surface area contributed by atoms with Crippen molar-refractivity contribution in [2.45, 2.75) is 31.4 Å². The first-order valence-electron chi connectivity index (χ1n) is 5.62. The van der Waals surface area contributed by atoms with Crippen molar-refractivity contribution in [2.24, 2.45) is 11.7 Å². The molecule has 0 radical (unpaired) electrons. The Morgan fingerprint density at radius 3 is 2.39 bits per heavy atom. The zero-order chi connectivity index (χ0) is 12.6. The molecular formula is C12H16Cl3NO2. The molecule has 0 spiro atoms. The summed E-state index contributed by atoms with van der Waals surface area (Å²) in [5.74, 6) is 0.115. The summed E-state index contributed by atoms with van der Waals surface area (Å²) in [6.07, 6.45) is 2.41. The first-order valence-corrected chi connectivity index (χ1v) is 6.38. The average molecular weight is 313 g/mol. The third-order valence-electron chi connectivity index (χ3n) is 3.42. The van der Waals surface area contributed by atoms with Crippen LogP contribution in [0.3, 0.4) is 0 Å². The van der Waals surface area contributed by atoms with Crippen molar-refractivity contribution in [3.63, 3.8) is 0 Å². The standard InChI is InChI=1S/C12H15Cl2NO2.ClH/c13-7-4-8(12(17)9(14)5-7)10(15)11(16)6-2-1-3-6;/h4-6,10-11,16-17H,1-3,15H2;1H/t10-,11+;/m1./s1. The van der Waals surface area contributed by atoms with Gasteiger partial charge < -0.3 is 15.9 Å². The van der Waals surface area contributed by atoms with E-state index in [-0.39, 0.29) is 29.1 Å². The molecule has 3 nitrogen and oxygen atoms in total. The smallest absolute Gasteiger partial charge is 0.139 e. The van der Waals surface area contributed by atoms with Gasteiger partial charge in [0, 0.05) is 10.6 Å². The van der Waals surface area contributed by atoms with Gasteiger partial charge in [0.15, 0.2) is 0 Å². The number of hydrogen-bond acceptors (Lipinski definition) is 3. The number of hydrogen-bond donors (Lipinski definition) is 3. The summed E-state index contributed by atoms with van der Waals surface area (Å²) >= 11 is 11.7. The van der Waals surface area contributed by atoms with Gasteiger partial charge in [0.25, 0.3) is 0 Å². The number of halogens is 3. The minimum atomic E-state index is -0.663. The minimum absolute atomic E-state index is 0. The average Bonchev–Trinajstić information content (AvgIpc) is 2.19. The topological polar surface area (TPSA) is 66.5 Å². The van der Waals surface area contributed by atoms with Crippen molar-refractivity contribution in [3.8, 4) is 5.75 Å². The Hall–Kier alpha value is -0.190. The highest BCUT2D eigenvalue weighted by Gasteiger charge is 2.32. The van der Waals surface area contributed by atoms with Gasteiger partial charge in [-0.15, -0.1) is 12.4 Å². The normalized spacial score (nSPS) is 18.7. The van der Waals surface area contributed by atoms with Crippen molar-refractivity contribution >= 4 is 35.6 Å². The Morgan fingerprint density at radius 1 is 1.28 bits per heavy atom. The number of aliphatic hydroxyl groups excluding tert-OH is 1. The van der Waals surface area contributed by atoms with E-state index in [9.17, 15) is 10.2 Å². The van der Waals surface area contributed by atoms with Crippen molar-refractivity contribution < 1.29 is 10.2 Å². The van der Waals surface area contributed by atoms with Crippen molar-refractivity contribution in [1.29, 1.82) is 0 Å². The number of phenols is 1. The van der Waals surface area contributed by atoms with Gasteiger partial charge in [-0.2, -0.15) is 0 Å². The first-order chi connectivity index (χ1) is 8.00. The summed E-state index contributed by atoms with van der Waals surface area (Å²) in [6, 6.07) is 2.34. The Labute approximate surface area is 122 Å². The molecule has 1 aromatic carbocycles. The predicted octanol–water partition coefficient (Wildman–Crippen LogP) is 3.28. The molecule has 0 unspecified atom stereocenters.